The van der Waals surface area contributed by atoms with Crippen LogP contribution in [0.2, 0.25) is 5.02 Å². The fourth-order valence-electron chi connectivity index (χ4n) is 1.56. The van der Waals surface area contributed by atoms with Crippen molar-refractivity contribution in [2.24, 2.45) is 5.73 Å². The molecule has 0 aliphatic heterocycles. The van der Waals surface area contributed by atoms with Crippen molar-refractivity contribution >= 4 is 23.3 Å². The van der Waals surface area contributed by atoms with E-state index >= 15 is 0 Å². The molecule has 0 saturated carbocycles. The number of benzene rings is 2. The minimum atomic E-state index is -0.571. The highest BCUT2D eigenvalue weighted by Gasteiger charge is 2.00. The van der Waals surface area contributed by atoms with Crippen molar-refractivity contribution in [3.63, 3.8) is 0 Å². The van der Waals surface area contributed by atoms with Crippen LogP contribution in [0.25, 0.3) is 11.1 Å². The van der Waals surface area contributed by atoms with Gasteiger partial charge >= 0.3 is 6.03 Å². The van der Waals surface area contributed by atoms with Gasteiger partial charge in [-0.1, -0.05) is 35.9 Å². The second-order valence-electron chi connectivity index (χ2n) is 3.58. The molecule has 86 valence electrons. The quantitative estimate of drug-likeness (QED) is 0.837. The van der Waals surface area contributed by atoms with Crippen LogP contribution >= 0.6 is 11.6 Å². The predicted molar refractivity (Wildman–Crippen MR) is 70.1 cm³/mol. The van der Waals surface area contributed by atoms with Crippen LogP contribution in [-0.2, 0) is 0 Å². The predicted octanol–water partition coefficient (Wildman–Crippen LogP) is 3.50. The lowest BCUT2D eigenvalue weighted by Crippen LogP contribution is -2.19. The molecule has 0 fully saturated rings. The molecule has 0 aliphatic carbocycles. The van der Waals surface area contributed by atoms with Crippen molar-refractivity contribution in [2.75, 3.05) is 5.32 Å². The summed E-state index contributed by atoms with van der Waals surface area (Å²) < 4.78 is 0. The van der Waals surface area contributed by atoms with Gasteiger partial charge in [0.15, 0.2) is 0 Å². The van der Waals surface area contributed by atoms with Gasteiger partial charge in [0.25, 0.3) is 0 Å². The number of anilines is 1. The summed E-state index contributed by atoms with van der Waals surface area (Å²) >= 11 is 5.83. The highest BCUT2D eigenvalue weighted by Crippen LogP contribution is 2.24. The van der Waals surface area contributed by atoms with Crippen LogP contribution in [0.15, 0.2) is 48.5 Å². The summed E-state index contributed by atoms with van der Waals surface area (Å²) in [6.45, 7) is 0. The summed E-state index contributed by atoms with van der Waals surface area (Å²) in [5.74, 6) is 0. The largest absolute Gasteiger partial charge is 0.351 e. The van der Waals surface area contributed by atoms with Crippen molar-refractivity contribution in [3.8, 4) is 11.1 Å². The van der Waals surface area contributed by atoms with E-state index in [0.29, 0.717) is 10.7 Å². The molecule has 3 N–H and O–H groups in total. The van der Waals surface area contributed by atoms with E-state index in [1.54, 1.807) is 6.07 Å². The fourth-order valence-corrected chi connectivity index (χ4v) is 1.69. The lowest BCUT2D eigenvalue weighted by molar-refractivity contribution is 0.259. The number of nitrogens with two attached hydrogens (primary N) is 1. The number of primary amides is 1. The minimum absolute atomic E-state index is 0.571. The number of nitrogens with one attached hydrogen (secondary N) is 1. The minimum Gasteiger partial charge on any atom is -0.351 e. The molecular weight excluding hydrogens is 236 g/mol. The SMILES string of the molecule is NC(=O)Nc1cccc(-c2ccc(Cl)cc2)c1. The van der Waals surface area contributed by atoms with Crippen molar-refractivity contribution in [2.45, 2.75) is 0 Å². The molecule has 3 nitrogen and oxygen atoms in total. The van der Waals surface area contributed by atoms with Crippen molar-refractivity contribution in [1.29, 1.82) is 0 Å². The summed E-state index contributed by atoms with van der Waals surface area (Å²) in [5, 5.41) is 3.23. The highest BCUT2D eigenvalue weighted by atomic mass is 35.5. The smallest absolute Gasteiger partial charge is 0.316 e. The molecule has 0 heterocycles. The van der Waals surface area contributed by atoms with Crippen molar-refractivity contribution in [1.82, 2.24) is 0 Å². The Morgan fingerprint density at radius 3 is 2.41 bits per heavy atom. The van der Waals surface area contributed by atoms with Crippen LogP contribution in [-0.4, -0.2) is 6.03 Å². The molecule has 2 aromatic carbocycles. The topological polar surface area (TPSA) is 55.1 Å². The number of carbonyl (C=O) groups excluding carboxylic acids is 1. The molecule has 0 aliphatic rings. The van der Waals surface area contributed by atoms with Gasteiger partial charge in [-0.15, -0.1) is 0 Å². The van der Waals surface area contributed by atoms with Gasteiger partial charge in [-0.2, -0.15) is 0 Å². The van der Waals surface area contributed by atoms with Crippen LogP contribution in [0.5, 0.6) is 0 Å². The van der Waals surface area contributed by atoms with Gasteiger partial charge in [0.2, 0.25) is 0 Å². The molecule has 2 aromatic rings. The van der Waals surface area contributed by atoms with E-state index in [1.807, 2.05) is 42.5 Å². The maximum Gasteiger partial charge on any atom is 0.316 e. The number of urea groups is 1. The zero-order valence-electron chi connectivity index (χ0n) is 8.98. The molecule has 0 saturated heterocycles. The first-order valence-electron chi connectivity index (χ1n) is 5.07. The molecule has 0 bridgehead atoms. The highest BCUT2D eigenvalue weighted by molar-refractivity contribution is 6.30. The number of hydrogen-bond acceptors (Lipinski definition) is 1. The van der Waals surface area contributed by atoms with Crippen LogP contribution in [0, 0.1) is 0 Å². The third kappa shape index (κ3) is 2.98. The maximum atomic E-state index is 10.8. The number of hydrogen-bond donors (Lipinski definition) is 2. The van der Waals surface area contributed by atoms with E-state index in [0.717, 1.165) is 11.1 Å². The van der Waals surface area contributed by atoms with E-state index in [9.17, 15) is 4.79 Å². The molecule has 4 heteroatoms. The Morgan fingerprint density at radius 2 is 1.76 bits per heavy atom. The Kier molecular flexibility index (Phi) is 3.30. The number of halogens is 1. The molecular formula is C13H11ClN2O. The third-order valence-corrected chi connectivity index (χ3v) is 2.56. The summed E-state index contributed by atoms with van der Waals surface area (Å²) in [5.41, 5.74) is 7.76. The molecule has 17 heavy (non-hydrogen) atoms. The molecule has 0 unspecified atom stereocenters. The lowest BCUT2D eigenvalue weighted by Gasteiger charge is -2.05. The first kappa shape index (κ1) is 11.5. The Morgan fingerprint density at radius 1 is 1.06 bits per heavy atom. The normalized spacial score (nSPS) is 9.94. The first-order valence-corrected chi connectivity index (χ1v) is 5.45. The van der Waals surface area contributed by atoms with E-state index in [4.69, 9.17) is 17.3 Å². The molecule has 2 rings (SSSR count). The van der Waals surface area contributed by atoms with Crippen molar-refractivity contribution < 1.29 is 4.79 Å². The average molecular weight is 247 g/mol. The monoisotopic (exact) mass is 246 g/mol. The second kappa shape index (κ2) is 4.89. The lowest BCUT2D eigenvalue weighted by atomic mass is 10.1. The Hall–Kier alpha value is -2.00. The van der Waals surface area contributed by atoms with Gasteiger partial charge in [-0.05, 0) is 35.4 Å². The van der Waals surface area contributed by atoms with E-state index in [2.05, 4.69) is 5.32 Å². The summed E-state index contributed by atoms with van der Waals surface area (Å²) in [6, 6.07) is 14.4. The summed E-state index contributed by atoms with van der Waals surface area (Å²) in [6.07, 6.45) is 0. The van der Waals surface area contributed by atoms with Gasteiger partial charge < -0.3 is 11.1 Å². The van der Waals surface area contributed by atoms with Crippen LogP contribution in [0.3, 0.4) is 0 Å². The van der Waals surface area contributed by atoms with Crippen LogP contribution < -0.4 is 11.1 Å². The average Bonchev–Trinajstić information content (AvgIpc) is 2.29. The van der Waals surface area contributed by atoms with Gasteiger partial charge in [-0.3, -0.25) is 0 Å². The fraction of sp³-hybridized carbons (Fsp3) is 0. The zero-order valence-corrected chi connectivity index (χ0v) is 9.74. The molecule has 0 spiro atoms. The van der Waals surface area contributed by atoms with E-state index in [1.165, 1.54) is 0 Å². The Bertz CT molecular complexity index is 537. The van der Waals surface area contributed by atoms with Gasteiger partial charge in [0, 0.05) is 10.7 Å². The zero-order chi connectivity index (χ0) is 12.3. The second-order valence-corrected chi connectivity index (χ2v) is 4.01. The van der Waals surface area contributed by atoms with Crippen LogP contribution in [0.1, 0.15) is 0 Å². The standard InChI is InChI=1S/C13H11ClN2O/c14-11-6-4-9(5-7-11)10-2-1-3-12(8-10)16-13(15)17/h1-8H,(H3,15,16,17). The molecule has 2 amide bonds. The van der Waals surface area contributed by atoms with Crippen molar-refractivity contribution in [3.05, 3.63) is 53.6 Å². The molecule has 0 aromatic heterocycles. The Balaban J connectivity index is 2.32. The maximum absolute atomic E-state index is 10.8. The van der Waals surface area contributed by atoms with Gasteiger partial charge in [-0.25, -0.2) is 4.79 Å². The first-order chi connectivity index (χ1) is 8.15. The molecule has 0 radical (unpaired) electrons. The van der Waals surface area contributed by atoms with Gasteiger partial charge in [0.1, 0.15) is 0 Å². The number of carbonyl (C=O) groups is 1. The number of amides is 2. The van der Waals surface area contributed by atoms with E-state index < -0.39 is 6.03 Å². The third-order valence-electron chi connectivity index (χ3n) is 2.31. The van der Waals surface area contributed by atoms with Crippen LogP contribution in [0.4, 0.5) is 10.5 Å². The van der Waals surface area contributed by atoms with Gasteiger partial charge in [0.05, 0.1) is 0 Å². The number of rotatable bonds is 2. The summed E-state index contributed by atoms with van der Waals surface area (Å²) in [4.78, 5) is 10.8. The molecule has 0 atom stereocenters. The van der Waals surface area contributed by atoms with E-state index in [-0.39, 0.29) is 0 Å². The Labute approximate surface area is 104 Å². The summed E-state index contributed by atoms with van der Waals surface area (Å²) in [7, 11) is 0.